The summed E-state index contributed by atoms with van der Waals surface area (Å²) in [6, 6.07) is 18.5. The molecule has 0 aliphatic heterocycles. The fourth-order valence-electron chi connectivity index (χ4n) is 2.95. The van der Waals surface area contributed by atoms with E-state index in [-0.39, 0.29) is 24.3 Å². The second-order valence-corrected chi connectivity index (χ2v) is 6.49. The lowest BCUT2D eigenvalue weighted by Gasteiger charge is -2.26. The number of amides is 2. The number of benzene rings is 2. The molecule has 0 spiro atoms. The fourth-order valence-corrected chi connectivity index (χ4v) is 2.95. The Morgan fingerprint density at radius 2 is 1.78 bits per heavy atom. The maximum atomic E-state index is 12.9. The number of hydrogen-bond acceptors (Lipinski definition) is 3. The fraction of sp³-hybridized carbons (Fsp3) is 0.318. The largest absolute Gasteiger partial charge is 0.349 e. The van der Waals surface area contributed by atoms with Gasteiger partial charge < -0.3 is 10.2 Å². The van der Waals surface area contributed by atoms with Gasteiger partial charge in [0.05, 0.1) is 24.1 Å². The van der Waals surface area contributed by atoms with Crippen LogP contribution >= 0.6 is 0 Å². The summed E-state index contributed by atoms with van der Waals surface area (Å²) in [6.07, 6.45) is 1.05. The van der Waals surface area contributed by atoms with E-state index in [1.165, 1.54) is 6.92 Å². The molecule has 2 amide bonds. The van der Waals surface area contributed by atoms with Crippen LogP contribution in [0.25, 0.3) is 0 Å². The highest BCUT2D eigenvalue weighted by molar-refractivity contribution is 5.79. The van der Waals surface area contributed by atoms with Crippen molar-refractivity contribution < 1.29 is 9.59 Å². The smallest absolute Gasteiger partial charge is 0.225 e. The van der Waals surface area contributed by atoms with Gasteiger partial charge in [-0.25, -0.2) is 0 Å². The third-order valence-corrected chi connectivity index (χ3v) is 4.26. The summed E-state index contributed by atoms with van der Waals surface area (Å²) in [5.41, 5.74) is 2.49. The zero-order valence-corrected chi connectivity index (χ0v) is 15.8. The van der Waals surface area contributed by atoms with Gasteiger partial charge in [-0.3, -0.25) is 9.59 Å². The van der Waals surface area contributed by atoms with Crippen LogP contribution in [0.15, 0.2) is 54.6 Å². The predicted molar refractivity (Wildman–Crippen MR) is 104 cm³/mol. The van der Waals surface area contributed by atoms with E-state index >= 15 is 0 Å². The molecule has 2 aromatic rings. The molecular weight excluding hydrogens is 338 g/mol. The quantitative estimate of drug-likeness (QED) is 0.779. The van der Waals surface area contributed by atoms with E-state index in [4.69, 9.17) is 5.26 Å². The topological polar surface area (TPSA) is 73.2 Å². The first-order valence-electron chi connectivity index (χ1n) is 9.12. The van der Waals surface area contributed by atoms with Crippen molar-refractivity contribution in [2.24, 2.45) is 0 Å². The van der Waals surface area contributed by atoms with Crippen LogP contribution in [-0.2, 0) is 16.1 Å². The molecule has 1 unspecified atom stereocenters. The second-order valence-electron chi connectivity index (χ2n) is 6.49. The van der Waals surface area contributed by atoms with Crippen LogP contribution in [-0.4, -0.2) is 23.3 Å². The van der Waals surface area contributed by atoms with Gasteiger partial charge in [0, 0.05) is 20.0 Å². The summed E-state index contributed by atoms with van der Waals surface area (Å²) < 4.78 is 0. The summed E-state index contributed by atoms with van der Waals surface area (Å²) in [6.45, 7) is 4.61. The maximum Gasteiger partial charge on any atom is 0.225 e. The number of hydrogen-bond donors (Lipinski definition) is 1. The van der Waals surface area contributed by atoms with E-state index in [0.717, 1.165) is 17.5 Å². The van der Waals surface area contributed by atoms with E-state index in [1.54, 1.807) is 17.0 Å². The molecule has 0 bridgehead atoms. The van der Waals surface area contributed by atoms with Crippen LogP contribution in [0, 0.1) is 11.3 Å². The Balaban J connectivity index is 2.13. The van der Waals surface area contributed by atoms with Crippen LogP contribution in [0.5, 0.6) is 0 Å². The van der Waals surface area contributed by atoms with Gasteiger partial charge in [0.15, 0.2) is 0 Å². The lowest BCUT2D eigenvalue weighted by molar-refractivity contribution is -0.132. The van der Waals surface area contributed by atoms with E-state index in [0.29, 0.717) is 18.7 Å². The summed E-state index contributed by atoms with van der Waals surface area (Å²) in [5, 5.41) is 11.8. The molecule has 1 N–H and O–H groups in total. The summed E-state index contributed by atoms with van der Waals surface area (Å²) in [7, 11) is 0. The first-order valence-corrected chi connectivity index (χ1v) is 9.12. The molecule has 27 heavy (non-hydrogen) atoms. The van der Waals surface area contributed by atoms with E-state index in [9.17, 15) is 9.59 Å². The summed E-state index contributed by atoms with van der Waals surface area (Å²) in [5.74, 6) is -0.172. The van der Waals surface area contributed by atoms with Gasteiger partial charge in [-0.2, -0.15) is 5.26 Å². The van der Waals surface area contributed by atoms with Crippen molar-refractivity contribution in [3.8, 4) is 6.07 Å². The molecule has 0 heterocycles. The van der Waals surface area contributed by atoms with E-state index < -0.39 is 0 Å². The lowest BCUT2D eigenvalue weighted by atomic mass is 10.0. The number of carbonyl (C=O) groups excluding carboxylic acids is 2. The first kappa shape index (κ1) is 20.2. The Bertz CT molecular complexity index is 795. The molecular formula is C22H25N3O2. The minimum Gasteiger partial charge on any atom is -0.349 e. The van der Waals surface area contributed by atoms with Crippen LogP contribution in [0.3, 0.4) is 0 Å². The van der Waals surface area contributed by atoms with Gasteiger partial charge in [0.25, 0.3) is 0 Å². The van der Waals surface area contributed by atoms with Crippen LogP contribution in [0.2, 0.25) is 0 Å². The third kappa shape index (κ3) is 6.27. The normalized spacial score (nSPS) is 11.3. The molecule has 2 rings (SSSR count). The SMILES string of the molecule is CCCN(Cc1ccc(C#N)cc1)C(=O)CC(NC(C)=O)c1ccccc1. The molecule has 0 aromatic heterocycles. The predicted octanol–water partition coefficient (Wildman–Crippen LogP) is 3.56. The van der Waals surface area contributed by atoms with Gasteiger partial charge in [-0.05, 0) is 29.7 Å². The first-order chi connectivity index (χ1) is 13.0. The number of nitriles is 1. The van der Waals surface area contributed by atoms with Crippen molar-refractivity contribution in [1.29, 1.82) is 5.26 Å². The van der Waals surface area contributed by atoms with Crippen LogP contribution in [0.4, 0.5) is 0 Å². The average Bonchev–Trinajstić information content (AvgIpc) is 2.68. The summed E-state index contributed by atoms with van der Waals surface area (Å²) in [4.78, 5) is 26.3. The molecule has 0 saturated heterocycles. The zero-order chi connectivity index (χ0) is 19.6. The Labute approximate surface area is 160 Å². The standard InChI is InChI=1S/C22H25N3O2/c1-3-13-25(16-19-11-9-18(15-23)10-12-19)22(27)14-21(24-17(2)26)20-7-5-4-6-8-20/h4-12,21H,3,13-14,16H2,1-2H3,(H,24,26). The van der Waals surface area contributed by atoms with Crippen molar-refractivity contribution in [3.63, 3.8) is 0 Å². The van der Waals surface area contributed by atoms with Gasteiger partial charge >= 0.3 is 0 Å². The van der Waals surface area contributed by atoms with Crippen LogP contribution < -0.4 is 5.32 Å². The van der Waals surface area contributed by atoms with Crippen molar-refractivity contribution in [1.82, 2.24) is 10.2 Å². The second kappa shape index (κ2) is 10.1. The molecule has 0 radical (unpaired) electrons. The van der Waals surface area contributed by atoms with Crippen molar-refractivity contribution in [3.05, 3.63) is 71.3 Å². The van der Waals surface area contributed by atoms with E-state index in [2.05, 4.69) is 11.4 Å². The Morgan fingerprint density at radius 3 is 2.33 bits per heavy atom. The van der Waals surface area contributed by atoms with Crippen LogP contribution in [0.1, 0.15) is 49.4 Å². The molecule has 5 heteroatoms. The zero-order valence-electron chi connectivity index (χ0n) is 15.8. The minimum atomic E-state index is -0.350. The number of nitrogens with one attached hydrogen (secondary N) is 1. The summed E-state index contributed by atoms with van der Waals surface area (Å²) >= 11 is 0. The van der Waals surface area contributed by atoms with Crippen molar-refractivity contribution in [2.45, 2.75) is 39.3 Å². The molecule has 2 aromatic carbocycles. The Kier molecular flexibility index (Phi) is 7.57. The Morgan fingerprint density at radius 1 is 1.11 bits per heavy atom. The number of rotatable bonds is 8. The van der Waals surface area contributed by atoms with Gasteiger partial charge in [0.1, 0.15) is 0 Å². The molecule has 140 valence electrons. The highest BCUT2D eigenvalue weighted by Crippen LogP contribution is 2.19. The highest BCUT2D eigenvalue weighted by atomic mass is 16.2. The molecule has 5 nitrogen and oxygen atoms in total. The van der Waals surface area contributed by atoms with Gasteiger partial charge in [-0.15, -0.1) is 0 Å². The number of nitrogens with zero attached hydrogens (tertiary/aromatic N) is 2. The lowest BCUT2D eigenvalue weighted by Crippen LogP contribution is -2.36. The van der Waals surface area contributed by atoms with Crippen molar-refractivity contribution >= 4 is 11.8 Å². The molecule has 1 atom stereocenters. The Hall–Kier alpha value is -3.13. The van der Waals surface area contributed by atoms with E-state index in [1.807, 2.05) is 49.4 Å². The third-order valence-electron chi connectivity index (χ3n) is 4.26. The van der Waals surface area contributed by atoms with Crippen molar-refractivity contribution in [2.75, 3.05) is 6.54 Å². The number of carbonyl (C=O) groups is 2. The van der Waals surface area contributed by atoms with Gasteiger partial charge in [0.2, 0.25) is 11.8 Å². The average molecular weight is 363 g/mol. The molecule has 0 aliphatic carbocycles. The maximum absolute atomic E-state index is 12.9. The minimum absolute atomic E-state index is 0.0104. The molecule has 0 saturated carbocycles. The molecule has 0 aliphatic rings. The van der Waals surface area contributed by atoms with Gasteiger partial charge in [-0.1, -0.05) is 49.4 Å². The molecule has 0 fully saturated rings. The highest BCUT2D eigenvalue weighted by Gasteiger charge is 2.21. The monoisotopic (exact) mass is 363 g/mol.